The molecule has 2 aliphatic heterocycles. The summed E-state index contributed by atoms with van der Waals surface area (Å²) in [5.41, 5.74) is 1.92. The van der Waals surface area contributed by atoms with Crippen molar-refractivity contribution in [3.63, 3.8) is 0 Å². The second-order valence-electron chi connectivity index (χ2n) is 8.06. The summed E-state index contributed by atoms with van der Waals surface area (Å²) in [6.07, 6.45) is 1.52. The maximum absolute atomic E-state index is 12.9. The van der Waals surface area contributed by atoms with E-state index in [4.69, 9.17) is 14.2 Å². The van der Waals surface area contributed by atoms with E-state index in [1.165, 1.54) is 5.56 Å². The summed E-state index contributed by atoms with van der Waals surface area (Å²) in [7, 11) is 1.71. The first kappa shape index (κ1) is 20.7. The lowest BCUT2D eigenvalue weighted by Crippen LogP contribution is -2.63. The summed E-state index contributed by atoms with van der Waals surface area (Å²) in [5, 5.41) is 0. The molecule has 1 amide bonds. The summed E-state index contributed by atoms with van der Waals surface area (Å²) in [6.45, 7) is 4.68. The van der Waals surface area contributed by atoms with Crippen LogP contribution in [0.15, 0.2) is 54.6 Å². The van der Waals surface area contributed by atoms with Crippen LogP contribution in [-0.4, -0.2) is 61.4 Å². The molecule has 2 fully saturated rings. The van der Waals surface area contributed by atoms with Gasteiger partial charge in [0.25, 0.3) is 0 Å². The molecule has 2 aromatic carbocycles. The van der Waals surface area contributed by atoms with Crippen LogP contribution in [0.3, 0.4) is 0 Å². The van der Waals surface area contributed by atoms with Crippen LogP contribution < -0.4 is 4.74 Å². The molecule has 30 heavy (non-hydrogen) atoms. The van der Waals surface area contributed by atoms with E-state index in [2.05, 4.69) is 11.0 Å². The first-order chi connectivity index (χ1) is 14.7. The Bertz CT molecular complexity index is 834. The Morgan fingerprint density at radius 3 is 2.53 bits per heavy atom. The highest BCUT2D eigenvalue weighted by molar-refractivity contribution is 5.69. The number of hydrogen-bond donors (Lipinski definition) is 0. The second kappa shape index (κ2) is 9.49. The van der Waals surface area contributed by atoms with Crippen molar-refractivity contribution < 1.29 is 19.0 Å². The first-order valence-corrected chi connectivity index (χ1v) is 10.6. The number of morpholine rings is 1. The van der Waals surface area contributed by atoms with E-state index in [0.717, 1.165) is 43.8 Å². The van der Waals surface area contributed by atoms with Crippen LogP contribution in [0.5, 0.6) is 5.75 Å². The lowest BCUT2D eigenvalue weighted by atomic mass is 9.85. The highest BCUT2D eigenvalue weighted by Gasteiger charge is 2.45. The second-order valence-corrected chi connectivity index (χ2v) is 8.06. The predicted molar refractivity (Wildman–Crippen MR) is 114 cm³/mol. The lowest BCUT2D eigenvalue weighted by Gasteiger charge is -2.50. The van der Waals surface area contributed by atoms with Crippen molar-refractivity contribution in [1.29, 1.82) is 0 Å². The molecular formula is C24H30N2O4. The molecule has 0 unspecified atom stereocenters. The molecule has 1 spiro atoms. The zero-order valence-corrected chi connectivity index (χ0v) is 17.6. The summed E-state index contributed by atoms with van der Waals surface area (Å²) in [4.78, 5) is 17.3. The number of amides is 1. The van der Waals surface area contributed by atoms with Gasteiger partial charge in [0.15, 0.2) is 0 Å². The summed E-state index contributed by atoms with van der Waals surface area (Å²) >= 11 is 0. The van der Waals surface area contributed by atoms with Crippen molar-refractivity contribution in [3.05, 3.63) is 65.7 Å². The number of benzene rings is 2. The van der Waals surface area contributed by atoms with E-state index in [9.17, 15) is 4.79 Å². The number of para-hydroxylation sites is 1. The maximum Gasteiger partial charge on any atom is 0.410 e. The first-order valence-electron chi connectivity index (χ1n) is 10.6. The average Bonchev–Trinajstić information content (AvgIpc) is 2.80. The molecule has 2 aromatic rings. The van der Waals surface area contributed by atoms with E-state index in [-0.39, 0.29) is 11.6 Å². The average molecular weight is 411 g/mol. The molecule has 0 radical (unpaired) electrons. The molecule has 6 nitrogen and oxygen atoms in total. The number of carbonyl (C=O) groups is 1. The number of carbonyl (C=O) groups excluding carboxylic acids is 1. The van der Waals surface area contributed by atoms with Crippen LogP contribution in [0.1, 0.15) is 24.0 Å². The molecule has 0 atom stereocenters. The van der Waals surface area contributed by atoms with Gasteiger partial charge in [0.05, 0.1) is 25.9 Å². The van der Waals surface area contributed by atoms with Gasteiger partial charge in [-0.1, -0.05) is 48.5 Å². The normalized spacial score (nSPS) is 18.9. The van der Waals surface area contributed by atoms with Gasteiger partial charge < -0.3 is 14.2 Å². The molecule has 2 saturated heterocycles. The smallest absolute Gasteiger partial charge is 0.410 e. The number of piperidine rings is 1. The van der Waals surface area contributed by atoms with Crippen molar-refractivity contribution in [3.8, 4) is 5.75 Å². The minimum absolute atomic E-state index is 0.236. The molecule has 160 valence electrons. The Kier molecular flexibility index (Phi) is 6.55. The minimum atomic E-state index is -0.275. The quantitative estimate of drug-likeness (QED) is 0.752. The van der Waals surface area contributed by atoms with Crippen molar-refractivity contribution in [1.82, 2.24) is 9.80 Å². The number of ether oxygens (including phenoxy) is 3. The summed E-state index contributed by atoms with van der Waals surface area (Å²) < 4.78 is 16.9. The highest BCUT2D eigenvalue weighted by atomic mass is 16.6. The highest BCUT2D eigenvalue weighted by Crippen LogP contribution is 2.33. The number of likely N-dealkylation sites (tertiary alicyclic amines) is 1. The monoisotopic (exact) mass is 410 g/mol. The van der Waals surface area contributed by atoms with Crippen LogP contribution >= 0.6 is 0 Å². The summed E-state index contributed by atoms with van der Waals surface area (Å²) in [6, 6.07) is 18.0. The standard InChI is InChI=1S/C24H30N2O4/c1-28-22-10-6-5-9-21(22)17-25-13-11-24(12-14-25)19-29-16-15-26(24)23(27)30-18-20-7-3-2-4-8-20/h2-10H,11-19H2,1H3. The Morgan fingerprint density at radius 1 is 1.03 bits per heavy atom. The Balaban J connectivity index is 1.37. The number of hydrogen-bond acceptors (Lipinski definition) is 5. The molecule has 6 heteroatoms. The van der Waals surface area contributed by atoms with Gasteiger partial charge in [-0.2, -0.15) is 0 Å². The van der Waals surface area contributed by atoms with Gasteiger partial charge in [-0.05, 0) is 24.5 Å². The van der Waals surface area contributed by atoms with Gasteiger partial charge in [-0.25, -0.2) is 4.79 Å². The Hall–Kier alpha value is -2.57. The van der Waals surface area contributed by atoms with Crippen LogP contribution in [0.4, 0.5) is 4.79 Å². The van der Waals surface area contributed by atoms with Gasteiger partial charge in [-0.3, -0.25) is 9.80 Å². The maximum atomic E-state index is 12.9. The molecule has 0 aliphatic carbocycles. The van der Waals surface area contributed by atoms with E-state index in [1.54, 1.807) is 7.11 Å². The molecule has 0 aromatic heterocycles. The van der Waals surface area contributed by atoms with Gasteiger partial charge >= 0.3 is 6.09 Å². The van der Waals surface area contributed by atoms with Gasteiger partial charge in [-0.15, -0.1) is 0 Å². The largest absolute Gasteiger partial charge is 0.496 e. The fourth-order valence-electron chi connectivity index (χ4n) is 4.43. The molecule has 2 heterocycles. The third-order valence-corrected chi connectivity index (χ3v) is 6.20. The third-order valence-electron chi connectivity index (χ3n) is 6.20. The van der Waals surface area contributed by atoms with Crippen molar-refractivity contribution in [2.75, 3.05) is 40.0 Å². The molecule has 0 saturated carbocycles. The van der Waals surface area contributed by atoms with Crippen LogP contribution in [-0.2, 0) is 22.6 Å². The van der Waals surface area contributed by atoms with E-state index < -0.39 is 0 Å². The molecular weight excluding hydrogens is 380 g/mol. The topological polar surface area (TPSA) is 51.2 Å². The van der Waals surface area contributed by atoms with E-state index >= 15 is 0 Å². The van der Waals surface area contributed by atoms with Crippen LogP contribution in [0.25, 0.3) is 0 Å². The lowest BCUT2D eigenvalue weighted by molar-refractivity contribution is -0.0872. The zero-order chi connectivity index (χ0) is 20.8. The Labute approximate surface area is 178 Å². The molecule has 2 aliphatic rings. The fourth-order valence-corrected chi connectivity index (χ4v) is 4.43. The summed E-state index contributed by atoms with van der Waals surface area (Å²) in [5.74, 6) is 0.921. The predicted octanol–water partition coefficient (Wildman–Crippen LogP) is 3.70. The fraction of sp³-hybridized carbons (Fsp3) is 0.458. The number of rotatable bonds is 5. The number of methoxy groups -OCH3 is 1. The van der Waals surface area contributed by atoms with E-state index in [0.29, 0.717) is 26.4 Å². The van der Waals surface area contributed by atoms with Crippen molar-refractivity contribution in [2.45, 2.75) is 31.5 Å². The molecule has 4 rings (SSSR count). The molecule has 0 N–H and O–H groups in total. The van der Waals surface area contributed by atoms with Gasteiger partial charge in [0, 0.05) is 31.7 Å². The van der Waals surface area contributed by atoms with Crippen LogP contribution in [0, 0.1) is 0 Å². The van der Waals surface area contributed by atoms with Crippen molar-refractivity contribution in [2.24, 2.45) is 0 Å². The number of nitrogens with zero attached hydrogens (tertiary/aromatic N) is 2. The SMILES string of the molecule is COc1ccccc1CN1CCC2(CC1)COCCN2C(=O)OCc1ccccc1. The van der Waals surface area contributed by atoms with Gasteiger partial charge in [0.1, 0.15) is 12.4 Å². The molecule has 0 bridgehead atoms. The van der Waals surface area contributed by atoms with E-state index in [1.807, 2.05) is 53.4 Å². The van der Waals surface area contributed by atoms with Gasteiger partial charge in [0.2, 0.25) is 0 Å². The minimum Gasteiger partial charge on any atom is -0.496 e. The van der Waals surface area contributed by atoms with Crippen molar-refractivity contribution >= 4 is 6.09 Å². The van der Waals surface area contributed by atoms with Crippen LogP contribution in [0.2, 0.25) is 0 Å². The third kappa shape index (κ3) is 4.60. The Morgan fingerprint density at radius 2 is 1.77 bits per heavy atom. The zero-order valence-electron chi connectivity index (χ0n) is 17.6.